The second-order valence-electron chi connectivity index (χ2n) is 4.56. The first-order valence-corrected chi connectivity index (χ1v) is 6.45. The van der Waals surface area contributed by atoms with Crippen molar-refractivity contribution in [3.05, 3.63) is 18.3 Å². The quantitative estimate of drug-likeness (QED) is 0.859. The first-order valence-electron chi connectivity index (χ1n) is 6.45. The third-order valence-corrected chi connectivity index (χ3v) is 3.59. The van der Waals surface area contributed by atoms with Crippen molar-refractivity contribution in [2.75, 3.05) is 36.8 Å². The van der Waals surface area contributed by atoms with E-state index in [1.807, 2.05) is 12.1 Å². The van der Waals surface area contributed by atoms with Gasteiger partial charge in [-0.25, -0.2) is 4.98 Å². The van der Waals surface area contributed by atoms with Crippen molar-refractivity contribution >= 4 is 11.5 Å². The van der Waals surface area contributed by atoms with Crippen molar-refractivity contribution in [1.82, 2.24) is 9.88 Å². The Bertz CT molecular complexity index is 345. The number of rotatable bonds is 4. The topological polar surface area (TPSA) is 45.4 Å². The highest BCUT2D eigenvalue weighted by Crippen LogP contribution is 2.21. The van der Waals surface area contributed by atoms with Gasteiger partial charge >= 0.3 is 0 Å². The van der Waals surface area contributed by atoms with Gasteiger partial charge in [-0.2, -0.15) is 0 Å². The number of pyridine rings is 1. The van der Waals surface area contributed by atoms with Gasteiger partial charge in [-0.05, 0) is 31.6 Å². The number of hydrogen-bond donors (Lipinski definition) is 1. The number of nitrogens with zero attached hydrogens (tertiary/aromatic N) is 3. The summed E-state index contributed by atoms with van der Waals surface area (Å²) in [7, 11) is 0. The Labute approximate surface area is 103 Å². The Balaban J connectivity index is 2.00. The van der Waals surface area contributed by atoms with Gasteiger partial charge < -0.3 is 10.6 Å². The average Bonchev–Trinajstić information content (AvgIpc) is 2.81. The third kappa shape index (κ3) is 2.69. The van der Waals surface area contributed by atoms with Crippen LogP contribution in [0.2, 0.25) is 0 Å². The summed E-state index contributed by atoms with van der Waals surface area (Å²) in [5.41, 5.74) is 6.38. The molecule has 1 aromatic rings. The van der Waals surface area contributed by atoms with Gasteiger partial charge in [-0.1, -0.05) is 13.8 Å². The number of anilines is 2. The molecule has 2 N–H and O–H groups in total. The second kappa shape index (κ2) is 5.36. The molecule has 1 unspecified atom stereocenters. The normalized spacial score (nSPS) is 20.2. The van der Waals surface area contributed by atoms with E-state index >= 15 is 0 Å². The molecule has 0 aromatic carbocycles. The van der Waals surface area contributed by atoms with Crippen molar-refractivity contribution in [3.8, 4) is 0 Å². The zero-order valence-corrected chi connectivity index (χ0v) is 10.8. The summed E-state index contributed by atoms with van der Waals surface area (Å²) in [6.45, 7) is 8.90. The molecule has 0 radical (unpaired) electrons. The first kappa shape index (κ1) is 12.2. The predicted molar refractivity (Wildman–Crippen MR) is 72.2 cm³/mol. The molecule has 1 aromatic heterocycles. The van der Waals surface area contributed by atoms with Crippen molar-refractivity contribution in [2.45, 2.75) is 26.3 Å². The Kier molecular flexibility index (Phi) is 3.84. The van der Waals surface area contributed by atoms with E-state index < -0.39 is 0 Å². The van der Waals surface area contributed by atoms with Gasteiger partial charge in [-0.3, -0.25) is 4.90 Å². The van der Waals surface area contributed by atoms with Crippen LogP contribution < -0.4 is 10.6 Å². The summed E-state index contributed by atoms with van der Waals surface area (Å²) in [5, 5.41) is 0. The zero-order chi connectivity index (χ0) is 12.3. The zero-order valence-electron chi connectivity index (χ0n) is 10.8. The van der Waals surface area contributed by atoms with Crippen LogP contribution in [0.15, 0.2) is 18.3 Å². The third-order valence-electron chi connectivity index (χ3n) is 3.59. The molecule has 2 heterocycles. The number of nitrogen functional groups attached to an aromatic ring is 1. The van der Waals surface area contributed by atoms with E-state index in [4.69, 9.17) is 5.73 Å². The Morgan fingerprint density at radius 2 is 2.18 bits per heavy atom. The lowest BCUT2D eigenvalue weighted by Crippen LogP contribution is -2.37. The number of aromatic nitrogens is 1. The SMILES string of the molecule is CCN(CC)C1CCN(c2ccc(N)cn2)C1. The van der Waals surface area contributed by atoms with Crippen LogP contribution in [0, 0.1) is 0 Å². The largest absolute Gasteiger partial charge is 0.397 e. The molecular weight excluding hydrogens is 212 g/mol. The van der Waals surface area contributed by atoms with Crippen LogP contribution >= 0.6 is 0 Å². The van der Waals surface area contributed by atoms with Gasteiger partial charge in [0.25, 0.3) is 0 Å². The number of nitrogens with two attached hydrogens (primary N) is 1. The van der Waals surface area contributed by atoms with Crippen molar-refractivity contribution in [1.29, 1.82) is 0 Å². The molecule has 0 bridgehead atoms. The lowest BCUT2D eigenvalue weighted by molar-refractivity contribution is 0.232. The van der Waals surface area contributed by atoms with Gasteiger partial charge in [0.05, 0.1) is 11.9 Å². The average molecular weight is 234 g/mol. The van der Waals surface area contributed by atoms with Crippen LogP contribution in [0.5, 0.6) is 0 Å². The summed E-state index contributed by atoms with van der Waals surface area (Å²) in [5.74, 6) is 1.05. The maximum Gasteiger partial charge on any atom is 0.128 e. The molecule has 1 saturated heterocycles. The standard InChI is InChI=1S/C13H22N4/c1-3-16(4-2)12-7-8-17(10-12)13-6-5-11(14)9-15-13/h5-6,9,12H,3-4,7-8,10,14H2,1-2H3. The van der Waals surface area contributed by atoms with Gasteiger partial charge in [-0.15, -0.1) is 0 Å². The highest BCUT2D eigenvalue weighted by atomic mass is 15.3. The summed E-state index contributed by atoms with van der Waals surface area (Å²) in [6.07, 6.45) is 2.97. The predicted octanol–water partition coefficient (Wildman–Crippen LogP) is 1.58. The van der Waals surface area contributed by atoms with E-state index in [-0.39, 0.29) is 0 Å². The molecular formula is C13H22N4. The van der Waals surface area contributed by atoms with Crippen LogP contribution in [0.4, 0.5) is 11.5 Å². The highest BCUT2D eigenvalue weighted by molar-refractivity contribution is 5.46. The summed E-state index contributed by atoms with van der Waals surface area (Å²) in [6, 6.07) is 4.61. The number of likely N-dealkylation sites (N-methyl/N-ethyl adjacent to an activating group) is 1. The molecule has 1 atom stereocenters. The first-order chi connectivity index (χ1) is 8.24. The van der Waals surface area contributed by atoms with Crippen LogP contribution in [0.3, 0.4) is 0 Å². The smallest absolute Gasteiger partial charge is 0.128 e. The van der Waals surface area contributed by atoms with Gasteiger partial charge in [0.15, 0.2) is 0 Å². The molecule has 0 saturated carbocycles. The van der Waals surface area contributed by atoms with Gasteiger partial charge in [0, 0.05) is 19.1 Å². The van der Waals surface area contributed by atoms with Crippen LogP contribution in [0.1, 0.15) is 20.3 Å². The molecule has 4 nitrogen and oxygen atoms in total. The Morgan fingerprint density at radius 3 is 2.76 bits per heavy atom. The summed E-state index contributed by atoms with van der Waals surface area (Å²) >= 11 is 0. The summed E-state index contributed by atoms with van der Waals surface area (Å²) in [4.78, 5) is 9.26. The molecule has 0 aliphatic carbocycles. The van der Waals surface area contributed by atoms with E-state index in [9.17, 15) is 0 Å². The van der Waals surface area contributed by atoms with Gasteiger partial charge in [0.2, 0.25) is 0 Å². The van der Waals surface area contributed by atoms with E-state index in [2.05, 4.69) is 28.6 Å². The van der Waals surface area contributed by atoms with E-state index in [0.717, 1.165) is 37.7 Å². The molecule has 1 fully saturated rings. The van der Waals surface area contributed by atoms with E-state index in [1.165, 1.54) is 6.42 Å². The molecule has 1 aliphatic heterocycles. The van der Waals surface area contributed by atoms with Crippen LogP contribution in [0.25, 0.3) is 0 Å². The molecule has 94 valence electrons. The van der Waals surface area contributed by atoms with E-state index in [1.54, 1.807) is 6.20 Å². The van der Waals surface area contributed by atoms with Crippen molar-refractivity contribution in [3.63, 3.8) is 0 Å². The van der Waals surface area contributed by atoms with Gasteiger partial charge in [0.1, 0.15) is 5.82 Å². The Morgan fingerprint density at radius 1 is 1.41 bits per heavy atom. The minimum atomic E-state index is 0.671. The van der Waals surface area contributed by atoms with Crippen molar-refractivity contribution in [2.24, 2.45) is 0 Å². The molecule has 4 heteroatoms. The van der Waals surface area contributed by atoms with Crippen molar-refractivity contribution < 1.29 is 0 Å². The van der Waals surface area contributed by atoms with E-state index in [0.29, 0.717) is 6.04 Å². The fourth-order valence-electron chi connectivity index (χ4n) is 2.57. The fourth-order valence-corrected chi connectivity index (χ4v) is 2.57. The maximum absolute atomic E-state index is 5.65. The lowest BCUT2D eigenvalue weighted by Gasteiger charge is -2.26. The monoisotopic (exact) mass is 234 g/mol. The maximum atomic E-state index is 5.65. The minimum Gasteiger partial charge on any atom is -0.397 e. The minimum absolute atomic E-state index is 0.671. The molecule has 1 aliphatic rings. The second-order valence-corrected chi connectivity index (χ2v) is 4.56. The molecule has 17 heavy (non-hydrogen) atoms. The Hall–Kier alpha value is -1.29. The highest BCUT2D eigenvalue weighted by Gasteiger charge is 2.26. The molecule has 0 amide bonds. The molecule has 2 rings (SSSR count). The fraction of sp³-hybridized carbons (Fsp3) is 0.615. The molecule has 0 spiro atoms. The lowest BCUT2D eigenvalue weighted by atomic mass is 10.2. The summed E-state index contributed by atoms with van der Waals surface area (Å²) < 4.78 is 0. The van der Waals surface area contributed by atoms with Crippen LogP contribution in [-0.4, -0.2) is 42.1 Å². The number of hydrogen-bond acceptors (Lipinski definition) is 4. The van der Waals surface area contributed by atoms with Crippen LogP contribution in [-0.2, 0) is 0 Å².